The van der Waals surface area contributed by atoms with Crippen LogP contribution >= 0.6 is 11.6 Å². The number of benzene rings is 3. The quantitative estimate of drug-likeness (QED) is 0.575. The molecule has 0 saturated carbocycles. The van der Waals surface area contributed by atoms with E-state index < -0.39 is 0 Å². The first-order valence-corrected chi connectivity index (χ1v) is 7.69. The second kappa shape index (κ2) is 7.12. The molecule has 0 aromatic heterocycles. The maximum atomic E-state index is 12.2. The fraction of sp³-hybridized carbons (Fsp3) is 0.0500. The predicted molar refractivity (Wildman–Crippen MR) is 92.4 cm³/mol. The normalized spacial score (nSPS) is 10.3. The predicted octanol–water partition coefficient (Wildman–Crippen LogP) is 5.56. The van der Waals surface area contributed by atoms with Crippen LogP contribution in [-0.4, -0.2) is 5.78 Å². The average molecular weight is 323 g/mol. The van der Waals surface area contributed by atoms with Gasteiger partial charge in [-0.3, -0.25) is 4.79 Å². The van der Waals surface area contributed by atoms with E-state index >= 15 is 0 Å². The van der Waals surface area contributed by atoms with E-state index in [1.807, 2.05) is 54.6 Å². The molecule has 0 fully saturated rings. The maximum Gasteiger partial charge on any atom is 0.167 e. The van der Waals surface area contributed by atoms with Crippen LogP contribution in [-0.2, 0) is 6.42 Å². The van der Waals surface area contributed by atoms with Gasteiger partial charge in [0.15, 0.2) is 5.78 Å². The number of hydrogen-bond acceptors (Lipinski definition) is 2. The minimum absolute atomic E-state index is 0.0680. The van der Waals surface area contributed by atoms with Gasteiger partial charge in [-0.1, -0.05) is 41.9 Å². The Hall–Kier alpha value is -2.58. The van der Waals surface area contributed by atoms with Crippen LogP contribution in [0.5, 0.6) is 11.5 Å². The summed E-state index contributed by atoms with van der Waals surface area (Å²) in [6.45, 7) is 0. The lowest BCUT2D eigenvalue weighted by atomic mass is 10.0. The Morgan fingerprint density at radius 3 is 2.04 bits per heavy atom. The summed E-state index contributed by atoms with van der Waals surface area (Å²) in [6.07, 6.45) is 0.354. The van der Waals surface area contributed by atoms with Crippen molar-refractivity contribution in [1.29, 1.82) is 0 Å². The van der Waals surface area contributed by atoms with E-state index in [9.17, 15) is 4.79 Å². The smallest absolute Gasteiger partial charge is 0.167 e. The molecule has 0 spiro atoms. The molecule has 0 radical (unpaired) electrons. The van der Waals surface area contributed by atoms with Crippen LogP contribution in [0.25, 0.3) is 0 Å². The first-order chi connectivity index (χ1) is 11.2. The highest BCUT2D eigenvalue weighted by Crippen LogP contribution is 2.21. The van der Waals surface area contributed by atoms with Crippen molar-refractivity contribution >= 4 is 17.4 Å². The molecule has 0 N–H and O–H groups in total. The van der Waals surface area contributed by atoms with E-state index in [-0.39, 0.29) is 5.78 Å². The molecule has 0 aliphatic heterocycles. The molecule has 0 amide bonds. The highest BCUT2D eigenvalue weighted by Gasteiger charge is 2.07. The van der Waals surface area contributed by atoms with Crippen LogP contribution in [0.3, 0.4) is 0 Å². The molecule has 0 aliphatic carbocycles. The van der Waals surface area contributed by atoms with E-state index in [0.29, 0.717) is 17.0 Å². The van der Waals surface area contributed by atoms with Gasteiger partial charge in [0.25, 0.3) is 0 Å². The number of carbonyl (C=O) groups is 1. The van der Waals surface area contributed by atoms with Crippen LogP contribution in [0.2, 0.25) is 5.02 Å². The fourth-order valence-corrected chi connectivity index (χ4v) is 2.35. The summed E-state index contributed by atoms with van der Waals surface area (Å²) in [7, 11) is 0. The van der Waals surface area contributed by atoms with E-state index in [1.54, 1.807) is 24.3 Å². The van der Waals surface area contributed by atoms with Crippen LogP contribution in [0, 0.1) is 0 Å². The Balaban J connectivity index is 1.65. The molecule has 114 valence electrons. The first-order valence-electron chi connectivity index (χ1n) is 7.31. The monoisotopic (exact) mass is 322 g/mol. The van der Waals surface area contributed by atoms with Gasteiger partial charge in [0.2, 0.25) is 0 Å². The van der Waals surface area contributed by atoms with E-state index in [4.69, 9.17) is 16.3 Å². The van der Waals surface area contributed by atoms with Crippen molar-refractivity contribution in [2.75, 3.05) is 0 Å². The van der Waals surface area contributed by atoms with Gasteiger partial charge in [-0.05, 0) is 54.1 Å². The van der Waals surface area contributed by atoms with Crippen molar-refractivity contribution < 1.29 is 9.53 Å². The number of hydrogen-bond donors (Lipinski definition) is 0. The van der Waals surface area contributed by atoms with Gasteiger partial charge in [-0.2, -0.15) is 0 Å². The van der Waals surface area contributed by atoms with Gasteiger partial charge < -0.3 is 4.74 Å². The number of Topliss-reactive ketones (excluding diaryl/α,β-unsaturated/α-hetero) is 1. The SMILES string of the molecule is O=C(Cc1ccc(Oc2ccccc2)cc1)c1ccc(Cl)cc1. The van der Waals surface area contributed by atoms with Gasteiger partial charge in [-0.25, -0.2) is 0 Å². The van der Waals surface area contributed by atoms with Crippen molar-refractivity contribution in [1.82, 2.24) is 0 Å². The number of ketones is 1. The Morgan fingerprint density at radius 2 is 1.39 bits per heavy atom. The van der Waals surface area contributed by atoms with Gasteiger partial charge in [0, 0.05) is 17.0 Å². The lowest BCUT2D eigenvalue weighted by molar-refractivity contribution is 0.0993. The highest BCUT2D eigenvalue weighted by molar-refractivity contribution is 6.30. The Bertz CT molecular complexity index is 778. The summed E-state index contributed by atoms with van der Waals surface area (Å²) < 4.78 is 5.74. The highest BCUT2D eigenvalue weighted by atomic mass is 35.5. The van der Waals surface area contributed by atoms with Crippen molar-refractivity contribution in [2.45, 2.75) is 6.42 Å². The third kappa shape index (κ3) is 4.21. The number of ether oxygens (including phenoxy) is 1. The Morgan fingerprint density at radius 1 is 0.783 bits per heavy atom. The zero-order valence-electron chi connectivity index (χ0n) is 12.4. The number of para-hydroxylation sites is 1. The lowest BCUT2D eigenvalue weighted by Gasteiger charge is -2.07. The summed E-state index contributed by atoms with van der Waals surface area (Å²) >= 11 is 5.84. The van der Waals surface area contributed by atoms with Crippen molar-refractivity contribution in [3.63, 3.8) is 0 Å². The Kier molecular flexibility index (Phi) is 4.74. The molecule has 3 heteroatoms. The molecule has 2 nitrogen and oxygen atoms in total. The molecule has 0 bridgehead atoms. The third-order valence-electron chi connectivity index (χ3n) is 3.43. The molecule has 0 saturated heterocycles. The molecule has 0 heterocycles. The van der Waals surface area contributed by atoms with E-state index in [2.05, 4.69) is 0 Å². The first kappa shape index (κ1) is 15.3. The van der Waals surface area contributed by atoms with Crippen molar-refractivity contribution in [3.05, 3.63) is 95.0 Å². The summed E-state index contributed by atoms with van der Waals surface area (Å²) in [5, 5.41) is 0.629. The second-order valence-corrected chi connectivity index (χ2v) is 5.60. The van der Waals surface area contributed by atoms with Gasteiger partial charge in [0.1, 0.15) is 11.5 Å². The van der Waals surface area contributed by atoms with Crippen LogP contribution in [0.4, 0.5) is 0 Å². The summed E-state index contributed by atoms with van der Waals surface area (Å²) in [5.41, 5.74) is 1.62. The van der Waals surface area contributed by atoms with Gasteiger partial charge >= 0.3 is 0 Å². The molecule has 0 unspecified atom stereocenters. The Labute approximate surface area is 140 Å². The molecule has 23 heavy (non-hydrogen) atoms. The molecular weight excluding hydrogens is 308 g/mol. The molecule has 3 aromatic rings. The van der Waals surface area contributed by atoms with Crippen LogP contribution in [0.15, 0.2) is 78.9 Å². The summed E-state index contributed by atoms with van der Waals surface area (Å²) in [6, 6.07) is 24.1. The van der Waals surface area contributed by atoms with Crippen molar-refractivity contribution in [2.24, 2.45) is 0 Å². The minimum Gasteiger partial charge on any atom is -0.457 e. The molecule has 0 aliphatic rings. The third-order valence-corrected chi connectivity index (χ3v) is 3.69. The van der Waals surface area contributed by atoms with E-state index in [0.717, 1.165) is 17.1 Å². The van der Waals surface area contributed by atoms with Gasteiger partial charge in [-0.15, -0.1) is 0 Å². The van der Waals surface area contributed by atoms with Gasteiger partial charge in [0.05, 0.1) is 0 Å². The lowest BCUT2D eigenvalue weighted by Crippen LogP contribution is -2.03. The number of rotatable bonds is 5. The zero-order valence-corrected chi connectivity index (χ0v) is 13.2. The zero-order chi connectivity index (χ0) is 16.1. The summed E-state index contributed by atoms with van der Waals surface area (Å²) in [4.78, 5) is 12.2. The average Bonchev–Trinajstić information content (AvgIpc) is 2.58. The minimum atomic E-state index is 0.0680. The molecule has 3 rings (SSSR count). The maximum absolute atomic E-state index is 12.2. The molecule has 0 atom stereocenters. The number of carbonyl (C=O) groups excluding carboxylic acids is 1. The molecular formula is C20H15ClO2. The second-order valence-electron chi connectivity index (χ2n) is 5.17. The topological polar surface area (TPSA) is 26.3 Å². The standard InChI is InChI=1S/C20H15ClO2/c21-17-10-8-16(9-11-17)20(22)14-15-6-12-19(13-7-15)23-18-4-2-1-3-5-18/h1-13H,14H2. The fourth-order valence-electron chi connectivity index (χ4n) is 2.22. The van der Waals surface area contributed by atoms with Crippen LogP contribution < -0.4 is 4.74 Å². The van der Waals surface area contributed by atoms with Crippen LogP contribution in [0.1, 0.15) is 15.9 Å². The number of halogens is 1. The summed E-state index contributed by atoms with van der Waals surface area (Å²) in [5.74, 6) is 1.61. The van der Waals surface area contributed by atoms with Crippen molar-refractivity contribution in [3.8, 4) is 11.5 Å². The largest absolute Gasteiger partial charge is 0.457 e. The van der Waals surface area contributed by atoms with E-state index in [1.165, 1.54) is 0 Å². The molecule has 3 aromatic carbocycles.